The lowest BCUT2D eigenvalue weighted by molar-refractivity contribution is 0.0184. The largest absolute Gasteiger partial charge is 0.461 e. The van der Waals surface area contributed by atoms with Crippen molar-refractivity contribution in [3.8, 4) is 6.01 Å². The minimum Gasteiger partial charge on any atom is -0.461 e. The molecule has 0 unspecified atom stereocenters. The molecule has 2 heterocycles. The fourth-order valence-corrected chi connectivity index (χ4v) is 2.32. The Bertz CT molecular complexity index is 487. The lowest BCUT2D eigenvalue weighted by Gasteiger charge is -2.28. The normalized spacial score (nSPS) is 18.7. The summed E-state index contributed by atoms with van der Waals surface area (Å²) in [5, 5.41) is 0. The number of carbonyl (C=O) groups excluding carboxylic acids is 1. The maximum atomic E-state index is 12.1. The van der Waals surface area contributed by atoms with Crippen molar-refractivity contribution in [1.82, 2.24) is 14.9 Å². The molecule has 0 aromatic carbocycles. The molecule has 116 valence electrons. The predicted molar refractivity (Wildman–Crippen MR) is 81.2 cm³/mol. The van der Waals surface area contributed by atoms with E-state index in [1.54, 1.807) is 17.3 Å². The predicted octanol–water partition coefficient (Wildman–Crippen LogP) is 3.02. The monoisotopic (exact) mass is 357 g/mol. The van der Waals surface area contributed by atoms with Crippen LogP contribution < -0.4 is 4.74 Å². The zero-order valence-electron chi connectivity index (χ0n) is 12.5. The van der Waals surface area contributed by atoms with Crippen molar-refractivity contribution in [3.63, 3.8) is 0 Å². The summed E-state index contributed by atoms with van der Waals surface area (Å²) in [4.78, 5) is 22.0. The number of nitrogens with zero attached hydrogens (tertiary/aromatic N) is 3. The molecule has 0 aliphatic carbocycles. The first-order valence-electron chi connectivity index (χ1n) is 6.95. The summed E-state index contributed by atoms with van der Waals surface area (Å²) < 4.78 is 11.8. The van der Waals surface area contributed by atoms with Crippen molar-refractivity contribution in [3.05, 3.63) is 16.9 Å². The van der Waals surface area contributed by atoms with E-state index in [9.17, 15) is 4.79 Å². The van der Waals surface area contributed by atoms with Gasteiger partial charge in [-0.2, -0.15) is 0 Å². The minimum atomic E-state index is -0.486. The zero-order chi connectivity index (χ0) is 15.5. The number of carbonyl (C=O) groups is 1. The lowest BCUT2D eigenvalue weighted by Crippen LogP contribution is -2.42. The quantitative estimate of drug-likeness (QED) is 0.831. The highest BCUT2D eigenvalue weighted by Crippen LogP contribution is 2.21. The Labute approximate surface area is 133 Å². The standard InChI is InChI=1S/C14H20BrN3O3/c1-14(2,3)21-13(19)18-6-4-5-11(18)9-20-12-16-7-10(15)8-17-12/h7-8,11H,4-6,9H2,1-3H3/t11-/m0/s1. The highest BCUT2D eigenvalue weighted by atomic mass is 79.9. The van der Waals surface area contributed by atoms with Crippen LogP contribution in [0.4, 0.5) is 4.79 Å². The second kappa shape index (κ2) is 6.60. The first-order chi connectivity index (χ1) is 9.85. The Morgan fingerprint density at radius 1 is 1.43 bits per heavy atom. The molecule has 2 rings (SSSR count). The molecular formula is C14H20BrN3O3. The molecule has 1 aliphatic rings. The summed E-state index contributed by atoms with van der Waals surface area (Å²) in [6.45, 7) is 6.66. The van der Waals surface area contributed by atoms with Crippen molar-refractivity contribution >= 4 is 22.0 Å². The molecule has 1 saturated heterocycles. The molecule has 0 radical (unpaired) electrons. The molecule has 6 nitrogen and oxygen atoms in total. The van der Waals surface area contributed by atoms with Gasteiger partial charge < -0.3 is 14.4 Å². The Balaban J connectivity index is 1.90. The maximum absolute atomic E-state index is 12.1. The smallest absolute Gasteiger partial charge is 0.410 e. The first-order valence-corrected chi connectivity index (χ1v) is 7.74. The maximum Gasteiger partial charge on any atom is 0.410 e. The third-order valence-corrected chi connectivity index (χ3v) is 3.42. The van der Waals surface area contributed by atoms with Gasteiger partial charge >= 0.3 is 12.1 Å². The number of hydrogen-bond acceptors (Lipinski definition) is 5. The molecule has 1 amide bonds. The lowest BCUT2D eigenvalue weighted by atomic mass is 10.2. The van der Waals surface area contributed by atoms with E-state index in [0.717, 1.165) is 17.3 Å². The van der Waals surface area contributed by atoms with E-state index in [1.807, 2.05) is 20.8 Å². The van der Waals surface area contributed by atoms with Gasteiger partial charge in [0, 0.05) is 18.9 Å². The van der Waals surface area contributed by atoms with Crippen LogP contribution in [0.1, 0.15) is 33.6 Å². The van der Waals surface area contributed by atoms with E-state index in [2.05, 4.69) is 25.9 Å². The van der Waals surface area contributed by atoms with Crippen molar-refractivity contribution in [2.24, 2.45) is 0 Å². The number of aromatic nitrogens is 2. The Hall–Kier alpha value is -1.37. The summed E-state index contributed by atoms with van der Waals surface area (Å²) in [7, 11) is 0. The van der Waals surface area contributed by atoms with Crippen LogP contribution in [0.2, 0.25) is 0 Å². The molecule has 0 bridgehead atoms. The minimum absolute atomic E-state index is 0.00657. The summed E-state index contributed by atoms with van der Waals surface area (Å²) in [5.41, 5.74) is -0.486. The Morgan fingerprint density at radius 2 is 2.10 bits per heavy atom. The number of hydrogen-bond donors (Lipinski definition) is 0. The molecule has 0 saturated carbocycles. The van der Waals surface area contributed by atoms with Crippen LogP contribution in [0.25, 0.3) is 0 Å². The van der Waals surface area contributed by atoms with Crippen LogP contribution in [0.3, 0.4) is 0 Å². The number of likely N-dealkylation sites (tertiary alicyclic amines) is 1. The van der Waals surface area contributed by atoms with Crippen molar-refractivity contribution in [2.45, 2.75) is 45.3 Å². The van der Waals surface area contributed by atoms with Crippen LogP contribution in [0.15, 0.2) is 16.9 Å². The van der Waals surface area contributed by atoms with Gasteiger partial charge in [-0.3, -0.25) is 0 Å². The Kier molecular flexibility index (Phi) is 5.03. The number of rotatable bonds is 3. The fraction of sp³-hybridized carbons (Fsp3) is 0.643. The average Bonchev–Trinajstić information content (AvgIpc) is 2.84. The van der Waals surface area contributed by atoms with Gasteiger partial charge in [-0.25, -0.2) is 14.8 Å². The van der Waals surface area contributed by atoms with E-state index in [4.69, 9.17) is 9.47 Å². The molecule has 0 spiro atoms. The SMILES string of the molecule is CC(C)(C)OC(=O)N1CCC[C@H]1COc1ncc(Br)cn1. The van der Waals surface area contributed by atoms with Gasteiger partial charge in [-0.15, -0.1) is 0 Å². The van der Waals surface area contributed by atoms with Crippen LogP contribution in [0.5, 0.6) is 6.01 Å². The third-order valence-electron chi connectivity index (χ3n) is 3.01. The van der Waals surface area contributed by atoms with Crippen molar-refractivity contribution < 1.29 is 14.3 Å². The second-order valence-corrected chi connectivity index (χ2v) is 6.88. The molecule has 1 atom stereocenters. The van der Waals surface area contributed by atoms with Gasteiger partial charge in [-0.05, 0) is 49.5 Å². The molecule has 1 aromatic heterocycles. The summed E-state index contributed by atoms with van der Waals surface area (Å²) >= 11 is 3.27. The zero-order valence-corrected chi connectivity index (χ0v) is 14.1. The number of amides is 1. The molecule has 1 fully saturated rings. The van der Waals surface area contributed by atoms with E-state index < -0.39 is 5.60 Å². The molecule has 1 aromatic rings. The number of ether oxygens (including phenoxy) is 2. The summed E-state index contributed by atoms with van der Waals surface area (Å²) in [5.74, 6) is 0. The molecule has 1 aliphatic heterocycles. The first kappa shape index (κ1) is 16.0. The molecular weight excluding hydrogens is 338 g/mol. The van der Waals surface area contributed by atoms with Gasteiger partial charge in [0.2, 0.25) is 0 Å². The van der Waals surface area contributed by atoms with Gasteiger partial charge in [0.15, 0.2) is 0 Å². The van der Waals surface area contributed by atoms with Gasteiger partial charge in [0.05, 0.1) is 10.5 Å². The van der Waals surface area contributed by atoms with Gasteiger partial charge in [-0.1, -0.05) is 0 Å². The summed E-state index contributed by atoms with van der Waals surface area (Å²) in [6, 6.07) is 0.321. The van der Waals surface area contributed by atoms with Crippen molar-refractivity contribution in [1.29, 1.82) is 0 Å². The van der Waals surface area contributed by atoms with Crippen LogP contribution in [-0.2, 0) is 4.74 Å². The molecule has 7 heteroatoms. The average molecular weight is 358 g/mol. The topological polar surface area (TPSA) is 64.5 Å². The van der Waals surface area contributed by atoms with Gasteiger partial charge in [0.1, 0.15) is 12.2 Å². The van der Waals surface area contributed by atoms with Crippen LogP contribution >= 0.6 is 15.9 Å². The van der Waals surface area contributed by atoms with Gasteiger partial charge in [0.25, 0.3) is 0 Å². The van der Waals surface area contributed by atoms with E-state index in [0.29, 0.717) is 19.2 Å². The van der Waals surface area contributed by atoms with E-state index >= 15 is 0 Å². The highest BCUT2D eigenvalue weighted by Gasteiger charge is 2.32. The molecule has 0 N–H and O–H groups in total. The second-order valence-electron chi connectivity index (χ2n) is 5.96. The molecule has 21 heavy (non-hydrogen) atoms. The summed E-state index contributed by atoms with van der Waals surface area (Å²) in [6.07, 6.45) is 4.82. The van der Waals surface area contributed by atoms with E-state index in [1.165, 1.54) is 0 Å². The highest BCUT2D eigenvalue weighted by molar-refractivity contribution is 9.10. The van der Waals surface area contributed by atoms with Crippen molar-refractivity contribution in [2.75, 3.05) is 13.2 Å². The van der Waals surface area contributed by atoms with Crippen LogP contribution in [0, 0.1) is 0 Å². The Morgan fingerprint density at radius 3 is 2.71 bits per heavy atom. The van der Waals surface area contributed by atoms with E-state index in [-0.39, 0.29) is 12.1 Å². The number of halogens is 1. The van der Waals surface area contributed by atoms with Crippen LogP contribution in [-0.4, -0.2) is 45.8 Å². The third kappa shape index (κ3) is 4.84. The fourth-order valence-electron chi connectivity index (χ4n) is 2.12.